The van der Waals surface area contributed by atoms with E-state index in [4.69, 9.17) is 5.73 Å². The Morgan fingerprint density at radius 1 is 1.05 bits per heavy atom. The third-order valence-electron chi connectivity index (χ3n) is 9.22. The number of aliphatic hydroxyl groups is 1. The van der Waals surface area contributed by atoms with Gasteiger partial charge in [-0.05, 0) is 79.9 Å². The highest BCUT2D eigenvalue weighted by Gasteiger charge is 2.69. The van der Waals surface area contributed by atoms with Crippen molar-refractivity contribution in [3.63, 3.8) is 0 Å². The second kappa shape index (κ2) is 10.3. The first-order chi connectivity index (χ1) is 19.3. The molecule has 0 aromatic heterocycles. The van der Waals surface area contributed by atoms with Crippen molar-refractivity contribution in [1.82, 2.24) is 4.90 Å². The molecule has 0 spiro atoms. The lowest BCUT2D eigenvalue weighted by Gasteiger charge is -2.52. The van der Waals surface area contributed by atoms with Gasteiger partial charge >= 0.3 is 0 Å². The van der Waals surface area contributed by atoms with E-state index < -0.39 is 64.4 Å². The Morgan fingerprint density at radius 3 is 2.29 bits per heavy atom. The van der Waals surface area contributed by atoms with Crippen LogP contribution in [0.1, 0.15) is 48.2 Å². The largest absolute Gasteiger partial charge is 0.507 e. The second-order valence-electron chi connectivity index (χ2n) is 12.4. The molecule has 0 saturated heterocycles. The summed E-state index contributed by atoms with van der Waals surface area (Å²) in [6, 6.07) is 10.1. The first kappa shape index (κ1) is 28.8. The number of amides is 1. The molecule has 2 saturated carbocycles. The van der Waals surface area contributed by atoms with Gasteiger partial charge in [-0.1, -0.05) is 44.2 Å². The van der Waals surface area contributed by atoms with Crippen LogP contribution in [0.25, 0.3) is 11.1 Å². The number of ketones is 4. The Morgan fingerprint density at radius 2 is 1.71 bits per heavy atom. The zero-order valence-corrected chi connectivity index (χ0v) is 23.7. The summed E-state index contributed by atoms with van der Waals surface area (Å²) in [5.74, 6) is -9.85. The van der Waals surface area contributed by atoms with Crippen LogP contribution in [0.5, 0.6) is 5.75 Å². The Bertz CT molecular complexity index is 1460. The van der Waals surface area contributed by atoms with E-state index >= 15 is 0 Å². The predicted molar refractivity (Wildman–Crippen MR) is 150 cm³/mol. The first-order valence-corrected chi connectivity index (χ1v) is 14.1. The lowest BCUT2D eigenvalue weighted by molar-refractivity contribution is -0.181. The van der Waals surface area contributed by atoms with Gasteiger partial charge in [0.15, 0.2) is 34.7 Å². The fourth-order valence-corrected chi connectivity index (χ4v) is 7.18. The highest BCUT2D eigenvalue weighted by Crippen LogP contribution is 2.51. The number of likely N-dealkylation sites (N-methyl/N-ethyl adjacent to an activating group) is 1. The van der Waals surface area contributed by atoms with E-state index in [0.29, 0.717) is 11.5 Å². The molecule has 4 N–H and O–H groups in total. The lowest BCUT2D eigenvalue weighted by Crippen LogP contribution is -2.74. The van der Waals surface area contributed by atoms with Gasteiger partial charge in [-0.15, -0.1) is 0 Å². The fourth-order valence-electron chi connectivity index (χ4n) is 7.18. The molecule has 0 radical (unpaired) electrons. The minimum atomic E-state index is -2.73. The lowest BCUT2D eigenvalue weighted by atomic mass is 9.52. The Labute approximate surface area is 238 Å². The number of nitrogens with zero attached hydrogens (tertiary/aromatic N) is 1. The normalized spacial score (nSPS) is 29.4. The minimum absolute atomic E-state index is 0.00187. The average Bonchev–Trinajstić information content (AvgIpc) is 2.89. The maximum Gasteiger partial charge on any atom is 0.235 e. The molecule has 0 heterocycles. The molecule has 0 aliphatic heterocycles. The van der Waals surface area contributed by atoms with Crippen LogP contribution >= 0.6 is 0 Å². The molecule has 6 atom stereocenters. The maximum absolute atomic E-state index is 13.9. The highest BCUT2D eigenvalue weighted by atomic mass is 16.3. The van der Waals surface area contributed by atoms with Gasteiger partial charge in [0.1, 0.15) is 5.75 Å². The summed E-state index contributed by atoms with van der Waals surface area (Å²) in [6.07, 6.45) is 2.26. The van der Waals surface area contributed by atoms with Gasteiger partial charge in [0.25, 0.3) is 0 Å². The van der Waals surface area contributed by atoms with Crippen molar-refractivity contribution in [2.75, 3.05) is 14.1 Å². The fraction of sp³-hybridized carbons (Fsp3) is 0.469. The van der Waals surface area contributed by atoms with Crippen molar-refractivity contribution in [2.24, 2.45) is 35.3 Å². The van der Waals surface area contributed by atoms with E-state index in [2.05, 4.69) is 13.8 Å². The number of benzene rings is 2. The van der Waals surface area contributed by atoms with E-state index in [1.165, 1.54) is 16.5 Å². The molecule has 9 nitrogen and oxygen atoms in total. The standard InChI is InChI=1S/C32H36N2O7/c1-15(2)5-6-16-7-9-17(10-8-16)19-11-12-22(35)24-20(19)13-18-14-21-26(34(3)4)28(37)25(31(33)40)30(39)32(21,41)29(38)23(18)27(24)36/h7-12,15,18,21,23,25-26,35,41H,5-6,13-14H2,1-4H3,(H2,33,40)/t18-,21-,23?,25?,26-,32-/m1/s1. The van der Waals surface area contributed by atoms with Crippen molar-refractivity contribution in [2.45, 2.75) is 51.2 Å². The minimum Gasteiger partial charge on any atom is -0.507 e. The number of Topliss-reactive ketones (excluding diaryl/α,β-unsaturated/α-hetero) is 4. The molecular formula is C32H36N2O7. The van der Waals surface area contributed by atoms with Crippen LogP contribution < -0.4 is 5.73 Å². The number of carbonyl (C=O) groups excluding carboxylic acids is 5. The van der Waals surface area contributed by atoms with Gasteiger partial charge in [0, 0.05) is 5.92 Å². The van der Waals surface area contributed by atoms with Gasteiger partial charge in [0.05, 0.1) is 17.5 Å². The van der Waals surface area contributed by atoms with Crippen LogP contribution in [0.3, 0.4) is 0 Å². The van der Waals surface area contributed by atoms with Gasteiger partial charge < -0.3 is 15.9 Å². The van der Waals surface area contributed by atoms with Crippen LogP contribution in [0.15, 0.2) is 36.4 Å². The van der Waals surface area contributed by atoms with Crippen molar-refractivity contribution in [3.05, 3.63) is 53.1 Å². The molecular weight excluding hydrogens is 524 g/mol. The molecule has 1 amide bonds. The molecule has 5 rings (SSSR count). The molecule has 9 heteroatoms. The topological polar surface area (TPSA) is 155 Å². The molecule has 3 aliphatic rings. The monoisotopic (exact) mass is 560 g/mol. The molecule has 3 aliphatic carbocycles. The SMILES string of the molecule is CC(C)CCc1ccc(-c2ccc(O)c3c2C[C@@H]2C[C@@H]4[C@@H](N(C)C)C(=O)C(C(N)=O)C(=O)[C@]4(O)C(=O)C2C3=O)cc1. The third-order valence-corrected chi connectivity index (χ3v) is 9.22. The van der Waals surface area contributed by atoms with E-state index in [1.807, 2.05) is 24.3 Å². The van der Waals surface area contributed by atoms with Crippen LogP contribution in [-0.2, 0) is 32.0 Å². The van der Waals surface area contributed by atoms with E-state index in [1.54, 1.807) is 20.2 Å². The Hall–Kier alpha value is -3.69. The molecule has 2 aromatic rings. The number of fused-ring (bicyclic) bond motifs is 3. The summed E-state index contributed by atoms with van der Waals surface area (Å²) in [5, 5.41) is 22.5. The van der Waals surface area contributed by atoms with Crippen LogP contribution in [-0.4, -0.2) is 69.9 Å². The molecule has 2 unspecified atom stereocenters. The summed E-state index contributed by atoms with van der Waals surface area (Å²) < 4.78 is 0. The summed E-state index contributed by atoms with van der Waals surface area (Å²) in [7, 11) is 3.13. The van der Waals surface area contributed by atoms with Crippen molar-refractivity contribution in [3.8, 4) is 16.9 Å². The van der Waals surface area contributed by atoms with E-state index in [-0.39, 0.29) is 24.2 Å². The van der Waals surface area contributed by atoms with Gasteiger partial charge in [-0.25, -0.2) is 0 Å². The zero-order valence-electron chi connectivity index (χ0n) is 23.7. The van der Waals surface area contributed by atoms with Crippen molar-refractivity contribution < 1.29 is 34.2 Å². The van der Waals surface area contributed by atoms with Crippen molar-refractivity contribution >= 4 is 29.0 Å². The number of primary amides is 1. The number of hydrogen-bond acceptors (Lipinski definition) is 8. The first-order valence-electron chi connectivity index (χ1n) is 14.1. The number of rotatable bonds is 6. The zero-order chi connectivity index (χ0) is 30.0. The Balaban J connectivity index is 1.57. The number of nitrogens with two attached hydrogens (primary N) is 1. The van der Waals surface area contributed by atoms with Crippen LogP contribution in [0.4, 0.5) is 0 Å². The average molecular weight is 561 g/mol. The molecule has 2 aromatic carbocycles. The van der Waals surface area contributed by atoms with Gasteiger partial charge in [-0.2, -0.15) is 0 Å². The van der Waals surface area contributed by atoms with Gasteiger partial charge in [-0.3, -0.25) is 28.9 Å². The molecule has 0 bridgehead atoms. The maximum atomic E-state index is 13.9. The van der Waals surface area contributed by atoms with Crippen LogP contribution in [0.2, 0.25) is 0 Å². The summed E-state index contributed by atoms with van der Waals surface area (Å²) >= 11 is 0. The highest BCUT2D eigenvalue weighted by molar-refractivity contribution is 6.32. The predicted octanol–water partition coefficient (Wildman–Crippen LogP) is 2.12. The summed E-state index contributed by atoms with van der Waals surface area (Å²) in [5.41, 5.74) is 6.04. The third kappa shape index (κ3) is 4.42. The molecule has 41 heavy (non-hydrogen) atoms. The smallest absolute Gasteiger partial charge is 0.235 e. The summed E-state index contributed by atoms with van der Waals surface area (Å²) in [6.45, 7) is 4.35. The number of phenols is 1. The van der Waals surface area contributed by atoms with Crippen molar-refractivity contribution in [1.29, 1.82) is 0 Å². The number of aromatic hydroxyl groups is 1. The van der Waals surface area contributed by atoms with Crippen LogP contribution in [0, 0.1) is 29.6 Å². The molecule has 2 fully saturated rings. The number of phenolic OH excluding ortho intramolecular Hbond substituents is 1. The quantitative estimate of drug-likeness (QED) is 0.454. The summed E-state index contributed by atoms with van der Waals surface area (Å²) in [4.78, 5) is 68.1. The van der Waals surface area contributed by atoms with E-state index in [9.17, 15) is 34.2 Å². The molecule has 216 valence electrons. The number of hydrogen-bond donors (Lipinski definition) is 3. The Kier molecular flexibility index (Phi) is 7.24. The number of aryl methyl sites for hydroxylation is 1. The van der Waals surface area contributed by atoms with Gasteiger partial charge in [0.2, 0.25) is 5.91 Å². The second-order valence-corrected chi connectivity index (χ2v) is 12.4. The number of carbonyl (C=O) groups is 5. The van der Waals surface area contributed by atoms with E-state index in [0.717, 1.165) is 24.0 Å².